The number of aromatic nitrogens is 3. The number of nitrogens with one attached hydrogen (secondary N) is 1. The average molecular weight is 446 g/mol. The lowest BCUT2D eigenvalue weighted by Crippen LogP contribution is -2.58. The molecule has 1 spiro atoms. The van der Waals surface area contributed by atoms with E-state index in [4.69, 9.17) is 14.7 Å². The first kappa shape index (κ1) is 20.7. The highest BCUT2D eigenvalue weighted by Gasteiger charge is 2.51. The molecule has 3 aliphatic rings. The van der Waals surface area contributed by atoms with Crippen LogP contribution in [0.1, 0.15) is 50.8 Å². The number of benzene rings is 1. The maximum atomic E-state index is 13.0. The van der Waals surface area contributed by atoms with E-state index in [0.717, 1.165) is 72.6 Å². The zero-order valence-corrected chi connectivity index (χ0v) is 19.4. The molecule has 0 radical (unpaired) electrons. The van der Waals surface area contributed by atoms with E-state index in [0.29, 0.717) is 19.6 Å². The maximum absolute atomic E-state index is 13.0. The molecular formula is C26H31N5O2. The van der Waals surface area contributed by atoms with Crippen LogP contribution in [0.3, 0.4) is 0 Å². The number of carbonyl (C=O) groups is 1. The molecule has 7 nitrogen and oxygen atoms in total. The lowest BCUT2D eigenvalue weighted by atomic mass is 9.69. The third kappa shape index (κ3) is 3.09. The molecule has 1 saturated heterocycles. The smallest absolute Gasteiger partial charge is 0.223 e. The summed E-state index contributed by atoms with van der Waals surface area (Å²) in [6, 6.07) is 8.59. The van der Waals surface area contributed by atoms with Gasteiger partial charge in [0.05, 0.1) is 30.5 Å². The minimum atomic E-state index is -0.283. The Kier molecular flexibility index (Phi) is 4.91. The fourth-order valence-corrected chi connectivity index (χ4v) is 5.91. The van der Waals surface area contributed by atoms with Crippen molar-refractivity contribution in [2.45, 2.75) is 57.5 Å². The lowest BCUT2D eigenvalue weighted by molar-refractivity contribution is -0.143. The van der Waals surface area contributed by atoms with Crippen LogP contribution < -0.4 is 4.90 Å². The van der Waals surface area contributed by atoms with Crippen molar-refractivity contribution < 1.29 is 9.53 Å². The van der Waals surface area contributed by atoms with Crippen LogP contribution in [0.15, 0.2) is 30.5 Å². The van der Waals surface area contributed by atoms with Crippen LogP contribution in [0, 0.1) is 0 Å². The monoisotopic (exact) mass is 445 g/mol. The predicted octanol–water partition coefficient (Wildman–Crippen LogP) is 4.02. The number of rotatable bonds is 3. The normalized spacial score (nSPS) is 21.8. The molecule has 1 aromatic carbocycles. The van der Waals surface area contributed by atoms with Gasteiger partial charge in [0.1, 0.15) is 5.82 Å². The Balaban J connectivity index is 1.58. The third-order valence-electron chi connectivity index (χ3n) is 7.79. The van der Waals surface area contributed by atoms with Crippen LogP contribution in [0.25, 0.3) is 22.3 Å². The number of nitrogens with zero attached hydrogens (tertiary/aromatic N) is 4. The summed E-state index contributed by atoms with van der Waals surface area (Å²) < 4.78 is 5.73. The molecule has 1 saturated carbocycles. The van der Waals surface area contributed by atoms with Crippen LogP contribution >= 0.6 is 0 Å². The summed E-state index contributed by atoms with van der Waals surface area (Å²) in [4.78, 5) is 31.3. The number of H-pyrrole nitrogens is 1. The second kappa shape index (κ2) is 7.83. The van der Waals surface area contributed by atoms with E-state index in [2.05, 4.69) is 46.0 Å². The third-order valence-corrected chi connectivity index (χ3v) is 7.79. The predicted molar refractivity (Wildman–Crippen MR) is 128 cm³/mol. The van der Waals surface area contributed by atoms with Gasteiger partial charge in [-0.2, -0.15) is 0 Å². The molecule has 7 heteroatoms. The Morgan fingerprint density at radius 3 is 2.88 bits per heavy atom. The summed E-state index contributed by atoms with van der Waals surface area (Å²) >= 11 is 0. The van der Waals surface area contributed by atoms with Gasteiger partial charge < -0.3 is 19.5 Å². The molecule has 172 valence electrons. The van der Waals surface area contributed by atoms with Gasteiger partial charge in [0, 0.05) is 47.7 Å². The standard InChI is InChI=1S/C26H31N5O2/c1-3-22(32)31-13-9-20-23(26(31)10-5-11-26)28-24(19-6-4-7-21-18(19)8-12-27-21)29-25(20)30-14-15-33-16-17(30)2/h4,6-8,12,17,27H,3,5,9-11,13-16H2,1-2H3/t17-/m1/s1. The summed E-state index contributed by atoms with van der Waals surface area (Å²) in [5.74, 6) is 2.02. The van der Waals surface area contributed by atoms with E-state index in [-0.39, 0.29) is 17.5 Å². The highest BCUT2D eigenvalue weighted by atomic mass is 16.5. The van der Waals surface area contributed by atoms with Crippen molar-refractivity contribution in [3.8, 4) is 11.4 Å². The van der Waals surface area contributed by atoms with E-state index in [1.54, 1.807) is 0 Å². The Hall–Kier alpha value is -2.93. The van der Waals surface area contributed by atoms with Gasteiger partial charge in [0.25, 0.3) is 0 Å². The van der Waals surface area contributed by atoms with Crippen molar-refractivity contribution in [1.82, 2.24) is 19.9 Å². The number of anilines is 1. The van der Waals surface area contributed by atoms with E-state index < -0.39 is 0 Å². The largest absolute Gasteiger partial charge is 0.377 e. The van der Waals surface area contributed by atoms with Gasteiger partial charge in [-0.1, -0.05) is 19.1 Å². The van der Waals surface area contributed by atoms with E-state index in [1.165, 1.54) is 5.56 Å². The fraction of sp³-hybridized carbons (Fsp3) is 0.500. The van der Waals surface area contributed by atoms with Crippen molar-refractivity contribution in [1.29, 1.82) is 0 Å². The van der Waals surface area contributed by atoms with Gasteiger partial charge in [-0.25, -0.2) is 9.97 Å². The summed E-state index contributed by atoms with van der Waals surface area (Å²) in [7, 11) is 0. The quantitative estimate of drug-likeness (QED) is 0.659. The highest BCUT2D eigenvalue weighted by molar-refractivity contribution is 5.93. The first-order chi connectivity index (χ1) is 16.1. The molecule has 33 heavy (non-hydrogen) atoms. The number of fused-ring (bicyclic) bond motifs is 3. The second-order valence-corrected chi connectivity index (χ2v) is 9.59. The molecular weight excluding hydrogens is 414 g/mol. The summed E-state index contributed by atoms with van der Waals surface area (Å²) in [5, 5.41) is 1.12. The van der Waals surface area contributed by atoms with Gasteiger partial charge >= 0.3 is 0 Å². The number of carbonyl (C=O) groups excluding carboxylic acids is 1. The van der Waals surface area contributed by atoms with Gasteiger partial charge in [-0.15, -0.1) is 0 Å². The van der Waals surface area contributed by atoms with Crippen molar-refractivity contribution in [2.24, 2.45) is 0 Å². The number of hydrogen-bond acceptors (Lipinski definition) is 5. The molecule has 2 aliphatic heterocycles. The minimum Gasteiger partial charge on any atom is -0.377 e. The summed E-state index contributed by atoms with van der Waals surface area (Å²) in [6.45, 7) is 7.15. The number of amides is 1. The number of aromatic amines is 1. The van der Waals surface area contributed by atoms with Crippen LogP contribution in [0.2, 0.25) is 0 Å². The topological polar surface area (TPSA) is 74.3 Å². The summed E-state index contributed by atoms with van der Waals surface area (Å²) in [5.41, 5.74) is 4.14. The van der Waals surface area contributed by atoms with E-state index in [9.17, 15) is 4.79 Å². The maximum Gasteiger partial charge on any atom is 0.223 e. The number of hydrogen-bond donors (Lipinski definition) is 1. The molecule has 6 rings (SSSR count). The van der Waals surface area contributed by atoms with Crippen molar-refractivity contribution in [3.05, 3.63) is 41.7 Å². The van der Waals surface area contributed by atoms with Crippen LogP contribution in [0.4, 0.5) is 5.82 Å². The van der Waals surface area contributed by atoms with Crippen LogP contribution in [-0.4, -0.2) is 58.1 Å². The van der Waals surface area contributed by atoms with Crippen molar-refractivity contribution >= 4 is 22.6 Å². The molecule has 2 aromatic heterocycles. The molecule has 1 N–H and O–H groups in total. The van der Waals surface area contributed by atoms with Crippen LogP contribution in [-0.2, 0) is 21.5 Å². The number of morpholine rings is 1. The number of ether oxygens (including phenoxy) is 1. The molecule has 2 fully saturated rings. The molecule has 1 aliphatic carbocycles. The van der Waals surface area contributed by atoms with Crippen molar-refractivity contribution in [3.63, 3.8) is 0 Å². The molecule has 1 amide bonds. The molecule has 3 aromatic rings. The zero-order chi connectivity index (χ0) is 22.6. The first-order valence-corrected chi connectivity index (χ1v) is 12.2. The Morgan fingerprint density at radius 2 is 2.12 bits per heavy atom. The highest BCUT2D eigenvalue weighted by Crippen LogP contribution is 2.51. The summed E-state index contributed by atoms with van der Waals surface area (Å²) in [6.07, 6.45) is 6.39. The van der Waals surface area contributed by atoms with E-state index in [1.807, 2.05) is 13.1 Å². The second-order valence-electron chi connectivity index (χ2n) is 9.59. The molecule has 0 unspecified atom stereocenters. The Labute approximate surface area is 194 Å². The van der Waals surface area contributed by atoms with Gasteiger partial charge in [-0.05, 0) is 44.7 Å². The SMILES string of the molecule is CCC(=O)N1CCc2c(N3CCOC[C@H]3C)nc(-c3cccc4[nH]ccc34)nc2C12CCC2. The Bertz CT molecular complexity index is 1210. The van der Waals surface area contributed by atoms with Gasteiger partial charge in [-0.3, -0.25) is 4.79 Å². The van der Waals surface area contributed by atoms with Crippen LogP contribution in [0.5, 0.6) is 0 Å². The van der Waals surface area contributed by atoms with Gasteiger partial charge in [0.15, 0.2) is 5.82 Å². The van der Waals surface area contributed by atoms with Crippen molar-refractivity contribution in [2.75, 3.05) is 31.2 Å². The molecule has 1 atom stereocenters. The molecule has 4 heterocycles. The van der Waals surface area contributed by atoms with Gasteiger partial charge in [0.2, 0.25) is 5.91 Å². The minimum absolute atomic E-state index is 0.231. The average Bonchev–Trinajstić information content (AvgIpc) is 3.30. The Morgan fingerprint density at radius 1 is 1.24 bits per heavy atom. The molecule has 0 bridgehead atoms. The fourth-order valence-electron chi connectivity index (χ4n) is 5.91. The first-order valence-electron chi connectivity index (χ1n) is 12.2. The lowest BCUT2D eigenvalue weighted by Gasteiger charge is -2.53. The zero-order valence-electron chi connectivity index (χ0n) is 19.4. The van der Waals surface area contributed by atoms with E-state index >= 15 is 0 Å².